The largest absolute Gasteiger partial charge is 0.376 e. The van der Waals surface area contributed by atoms with Crippen LogP contribution in [0.25, 0.3) is 97.0 Å². The zero-order valence-electron chi connectivity index (χ0n) is 37.5. The highest BCUT2D eigenvalue weighted by molar-refractivity contribution is 8.04. The zero-order chi connectivity index (χ0) is 47.0. The summed E-state index contributed by atoms with van der Waals surface area (Å²) in [6, 6.07) is 56.6. The Bertz CT molecular complexity index is 3790. The van der Waals surface area contributed by atoms with Gasteiger partial charge in [0.2, 0.25) is 11.7 Å². The van der Waals surface area contributed by atoms with Gasteiger partial charge in [-0.1, -0.05) is 139 Å². The second-order valence-corrected chi connectivity index (χ2v) is 18.1. The molecule has 3 aliphatic heterocycles. The summed E-state index contributed by atoms with van der Waals surface area (Å²) in [7, 11) is 0. The standard InChI is InChI=1S/C60H41N7O2S/c68-54(36-62-42-23-30-52-43(33-42)60(69)53(70-52)32-37-14-13-31-61-35-37)66-51-34-50-57(40-19-9-3-10-20-40)48-27-26-46(64-48)55(38-15-5-1-6-16-38)44-24-25-45(63-44)56(39-17-7-2-8-18-39)47-28-29-49(65-47)58(59(51)67-50)41-21-11-4-12-22-41/h1-35,62-63,67H,36H2,(H,66,68)/b53-32+,55-44?,55-46?,56-45?,56-47?,57-48?,57-50?,58-49?,59-58?. The molecule has 7 heterocycles. The van der Waals surface area contributed by atoms with E-state index < -0.39 is 0 Å². The van der Waals surface area contributed by atoms with Gasteiger partial charge in [-0.25, -0.2) is 9.97 Å². The molecule has 0 aliphatic carbocycles. The van der Waals surface area contributed by atoms with Crippen LogP contribution in [0.4, 0.5) is 11.4 Å². The highest BCUT2D eigenvalue weighted by Gasteiger charge is 2.27. The highest BCUT2D eigenvalue weighted by Crippen LogP contribution is 2.43. The minimum absolute atomic E-state index is 0.0616. The summed E-state index contributed by atoms with van der Waals surface area (Å²) in [6.45, 7) is -0.0631. The minimum atomic E-state index is -0.279. The topological polar surface area (TPSA) is 128 Å². The van der Waals surface area contributed by atoms with E-state index in [0.29, 0.717) is 27.4 Å². The number of amides is 1. The molecular weight excluding hydrogens is 883 g/mol. The van der Waals surface area contributed by atoms with Crippen LogP contribution in [-0.2, 0) is 4.79 Å². The van der Waals surface area contributed by atoms with Gasteiger partial charge in [0, 0.05) is 61.8 Å². The number of ketones is 1. The first-order chi connectivity index (χ1) is 34.5. The average molecular weight is 924 g/mol. The third-order valence-electron chi connectivity index (χ3n) is 12.5. The number of Topliss-reactive ketones (excluding diaryl/α,β-unsaturated/α-hetero) is 1. The normalized spacial score (nSPS) is 13.1. The van der Waals surface area contributed by atoms with E-state index in [1.165, 1.54) is 11.8 Å². The fourth-order valence-electron chi connectivity index (χ4n) is 9.31. The lowest BCUT2D eigenvalue weighted by Crippen LogP contribution is -2.21. The maximum absolute atomic E-state index is 14.3. The molecule has 1 amide bonds. The van der Waals surface area contributed by atoms with Crippen molar-refractivity contribution in [3.63, 3.8) is 0 Å². The zero-order valence-corrected chi connectivity index (χ0v) is 38.3. The van der Waals surface area contributed by atoms with E-state index >= 15 is 0 Å². The van der Waals surface area contributed by atoms with Crippen molar-refractivity contribution in [3.05, 3.63) is 221 Å². The van der Waals surface area contributed by atoms with Gasteiger partial charge >= 0.3 is 0 Å². The van der Waals surface area contributed by atoms with Crippen LogP contribution in [0.15, 0.2) is 192 Å². The molecule has 0 saturated carbocycles. The molecule has 0 spiro atoms. The molecule has 334 valence electrons. The molecule has 4 N–H and O–H groups in total. The molecule has 10 heteroatoms. The van der Waals surface area contributed by atoms with Gasteiger partial charge in [0.1, 0.15) is 0 Å². The number of pyridine rings is 1. The number of hydrogen-bond donors (Lipinski definition) is 4. The van der Waals surface area contributed by atoms with Crippen LogP contribution < -0.4 is 10.6 Å². The molecule has 4 aromatic heterocycles. The fourth-order valence-corrected chi connectivity index (χ4v) is 10.3. The van der Waals surface area contributed by atoms with Crippen LogP contribution in [0.1, 0.15) is 38.7 Å². The molecule has 70 heavy (non-hydrogen) atoms. The number of aromatic nitrogens is 5. The number of nitrogens with zero attached hydrogens (tertiary/aromatic N) is 3. The molecule has 12 rings (SSSR count). The lowest BCUT2D eigenvalue weighted by atomic mass is 10.0. The smallest absolute Gasteiger partial charge is 0.243 e. The van der Waals surface area contributed by atoms with Crippen molar-refractivity contribution < 1.29 is 9.59 Å². The lowest BCUT2D eigenvalue weighted by Gasteiger charge is -2.10. The molecule has 3 aliphatic rings. The van der Waals surface area contributed by atoms with Crippen LogP contribution in [0.5, 0.6) is 0 Å². The average Bonchev–Trinajstić information content (AvgIpc) is 4.28. The third kappa shape index (κ3) is 8.12. The molecular formula is C60H41N7O2S. The Morgan fingerprint density at radius 3 is 1.63 bits per heavy atom. The predicted molar refractivity (Wildman–Crippen MR) is 287 cm³/mol. The number of allylic oxidation sites excluding steroid dienone is 1. The van der Waals surface area contributed by atoms with Crippen molar-refractivity contribution in [3.8, 4) is 44.5 Å². The van der Waals surface area contributed by atoms with E-state index in [1.54, 1.807) is 12.4 Å². The van der Waals surface area contributed by atoms with E-state index in [-0.39, 0.29) is 18.2 Å². The maximum atomic E-state index is 14.3. The first kappa shape index (κ1) is 42.2. The number of H-pyrrole nitrogens is 2. The first-order valence-corrected chi connectivity index (χ1v) is 23.8. The van der Waals surface area contributed by atoms with Crippen LogP contribution >= 0.6 is 11.8 Å². The summed E-state index contributed by atoms with van der Waals surface area (Å²) in [5.74, 6) is -0.341. The number of carbonyl (C=O) groups excluding carboxylic acids is 2. The Morgan fingerprint density at radius 1 is 0.557 bits per heavy atom. The van der Waals surface area contributed by atoms with Crippen molar-refractivity contribution in [2.45, 2.75) is 4.90 Å². The number of fused-ring (bicyclic) bond motifs is 9. The van der Waals surface area contributed by atoms with E-state index in [0.717, 1.165) is 94.3 Å². The molecule has 0 unspecified atom stereocenters. The monoisotopic (exact) mass is 923 g/mol. The van der Waals surface area contributed by atoms with Crippen molar-refractivity contribution in [1.82, 2.24) is 24.9 Å². The number of hydrogen-bond acceptors (Lipinski definition) is 7. The number of aromatic amines is 2. The molecule has 0 fully saturated rings. The van der Waals surface area contributed by atoms with Gasteiger partial charge in [-0.3, -0.25) is 14.6 Å². The molecule has 0 radical (unpaired) electrons. The van der Waals surface area contributed by atoms with Crippen molar-refractivity contribution >= 4 is 87.3 Å². The molecule has 9 nitrogen and oxygen atoms in total. The van der Waals surface area contributed by atoms with Gasteiger partial charge in [-0.05, 0) is 101 Å². The fraction of sp³-hybridized carbons (Fsp3) is 0.0167. The number of rotatable bonds is 9. The van der Waals surface area contributed by atoms with Crippen molar-refractivity contribution in [2.75, 3.05) is 17.2 Å². The number of carbonyl (C=O) groups is 2. The second-order valence-electron chi connectivity index (χ2n) is 17.0. The van der Waals surface area contributed by atoms with Gasteiger partial charge in [0.25, 0.3) is 0 Å². The summed E-state index contributed by atoms with van der Waals surface area (Å²) in [4.78, 5) is 52.1. The molecule has 0 atom stereocenters. The molecule has 9 aromatic rings. The van der Waals surface area contributed by atoms with Crippen LogP contribution in [0.2, 0.25) is 0 Å². The first-order valence-electron chi connectivity index (χ1n) is 22.9. The Balaban J connectivity index is 1.05. The summed E-state index contributed by atoms with van der Waals surface area (Å²) in [5, 5.41) is 6.57. The van der Waals surface area contributed by atoms with Gasteiger partial charge in [-0.15, -0.1) is 0 Å². The molecule has 0 saturated heterocycles. The Kier molecular flexibility index (Phi) is 11.0. The van der Waals surface area contributed by atoms with Gasteiger partial charge in [0.15, 0.2) is 0 Å². The molecule has 8 bridgehead atoms. The van der Waals surface area contributed by atoms with Gasteiger partial charge in [0.05, 0.1) is 50.9 Å². The molecule has 5 aromatic carbocycles. The number of benzene rings is 5. The third-order valence-corrected chi connectivity index (χ3v) is 13.6. The van der Waals surface area contributed by atoms with E-state index in [2.05, 4.69) is 111 Å². The lowest BCUT2D eigenvalue weighted by molar-refractivity contribution is -0.114. The van der Waals surface area contributed by atoms with Crippen LogP contribution in [0.3, 0.4) is 0 Å². The minimum Gasteiger partial charge on any atom is -0.376 e. The van der Waals surface area contributed by atoms with Crippen LogP contribution in [0, 0.1) is 0 Å². The van der Waals surface area contributed by atoms with Crippen molar-refractivity contribution in [2.24, 2.45) is 0 Å². The van der Waals surface area contributed by atoms with E-state index in [9.17, 15) is 9.59 Å². The number of thioether (sulfide) groups is 1. The van der Waals surface area contributed by atoms with E-state index in [1.807, 2.05) is 115 Å². The highest BCUT2D eigenvalue weighted by atomic mass is 32.2. The SMILES string of the molecule is O=C(CNc1ccc2c(c1)C(=O)/C(=C\c1cccnc1)S2)Nc1cc2[nH]c1c(-c1ccccc1)c1nc(c(-c3ccccc3)c3ccc([nH]3)c(-c3ccccc3)c3nc(c2-c2ccccc2)C=C3)C=C1. The van der Waals surface area contributed by atoms with Crippen molar-refractivity contribution in [1.29, 1.82) is 0 Å². The Hall–Kier alpha value is -9.12. The number of anilines is 2. The summed E-state index contributed by atoms with van der Waals surface area (Å²) < 4.78 is 0. The summed E-state index contributed by atoms with van der Waals surface area (Å²) >= 11 is 1.44. The summed E-state index contributed by atoms with van der Waals surface area (Å²) in [6.07, 6.45) is 13.6. The van der Waals surface area contributed by atoms with Gasteiger partial charge in [-0.2, -0.15) is 0 Å². The quantitative estimate of drug-likeness (QED) is 0.106. The van der Waals surface area contributed by atoms with Crippen LogP contribution in [-0.4, -0.2) is 43.2 Å². The predicted octanol–water partition coefficient (Wildman–Crippen LogP) is 14.1. The second kappa shape index (κ2) is 18.2. The number of nitrogens with one attached hydrogen (secondary N) is 4. The summed E-state index contributed by atoms with van der Waals surface area (Å²) in [5.41, 5.74) is 16.5. The Morgan fingerprint density at radius 2 is 1.09 bits per heavy atom. The van der Waals surface area contributed by atoms with Gasteiger partial charge < -0.3 is 20.6 Å². The van der Waals surface area contributed by atoms with E-state index in [4.69, 9.17) is 9.97 Å². The maximum Gasteiger partial charge on any atom is 0.243 e. The Labute approximate surface area is 407 Å².